The fourth-order valence-electron chi connectivity index (χ4n) is 4.10. The number of benzene rings is 1. The number of rotatable bonds is 5. The van der Waals surface area contributed by atoms with E-state index in [4.69, 9.17) is 9.10 Å². The van der Waals surface area contributed by atoms with Crippen LogP contribution in [-0.2, 0) is 18.4 Å². The van der Waals surface area contributed by atoms with Gasteiger partial charge in [-0.2, -0.15) is 0 Å². The fraction of sp³-hybridized carbons (Fsp3) is 0.348. The molecule has 5 rings (SSSR count). The first-order valence-electron chi connectivity index (χ1n) is 12.2. The van der Waals surface area contributed by atoms with Gasteiger partial charge >= 0.3 is 0 Å². The molecular weight excluding hydrogens is 420 g/mol. The molecule has 3 aromatic rings. The molecule has 3 heterocycles. The van der Waals surface area contributed by atoms with E-state index in [0.29, 0.717) is 12.2 Å². The molecule has 0 saturated heterocycles. The molecule has 2 amide bonds. The Morgan fingerprint density at radius 3 is 2.76 bits per heavy atom. The maximum absolute atomic E-state index is 12.8. The number of amides is 2. The lowest BCUT2D eigenvalue weighted by molar-refractivity contribution is -0.117. The van der Waals surface area contributed by atoms with Crippen LogP contribution in [0.3, 0.4) is 0 Å². The minimum absolute atomic E-state index is 0.0486. The van der Waals surface area contributed by atoms with Crippen molar-refractivity contribution in [3.8, 4) is 11.3 Å². The van der Waals surface area contributed by atoms with Crippen LogP contribution in [0.5, 0.6) is 0 Å². The molecule has 1 aromatic carbocycles. The van der Waals surface area contributed by atoms with Gasteiger partial charge in [-0.1, -0.05) is 12.1 Å². The van der Waals surface area contributed by atoms with E-state index in [2.05, 4.69) is 30.3 Å². The first kappa shape index (κ1) is 17.6. The average molecular weight is 450 g/mol. The van der Waals surface area contributed by atoms with Crippen LogP contribution in [0.2, 0.25) is 0 Å². The molecule has 0 atom stereocenters. The van der Waals surface area contributed by atoms with E-state index in [-0.39, 0.29) is 29.0 Å². The molecule has 1 aliphatic carbocycles. The number of fused-ring (bicyclic) bond motifs is 3. The lowest BCUT2D eigenvalue weighted by Gasteiger charge is -2.30. The highest BCUT2D eigenvalue weighted by Gasteiger charge is 2.31. The van der Waals surface area contributed by atoms with E-state index < -0.39 is 12.9 Å². The molecule has 1 saturated carbocycles. The highest BCUT2D eigenvalue weighted by molar-refractivity contribution is 6.01. The third-order valence-corrected chi connectivity index (χ3v) is 6.09. The van der Waals surface area contributed by atoms with Crippen molar-refractivity contribution in [2.75, 3.05) is 29.6 Å². The standard InChI is InChI=1S/C23H26N8O2/c1-12-25-19-14-6-5-7-15(21(14)30(3)11-17(19)31(12)4)26-16-10-18(27-22(32)13-8-9-13)28-29-20(16)23(33)24-2/h5-7,10,13H,8-9,11H2,1-4H3,(H,24,33)(H2,26,27,28,32)/i2D3. The highest BCUT2D eigenvalue weighted by Crippen LogP contribution is 2.43. The molecule has 2 aromatic heterocycles. The summed E-state index contributed by atoms with van der Waals surface area (Å²) in [5.41, 5.74) is 4.43. The number of carbonyl (C=O) groups excluding carboxylic acids is 2. The van der Waals surface area contributed by atoms with Gasteiger partial charge in [0.2, 0.25) is 5.91 Å². The van der Waals surface area contributed by atoms with E-state index in [1.165, 1.54) is 6.07 Å². The third kappa shape index (κ3) is 3.67. The molecule has 10 heteroatoms. The summed E-state index contributed by atoms with van der Waals surface area (Å²) in [6, 6.07) is 7.20. The zero-order chi connectivity index (χ0) is 25.8. The van der Waals surface area contributed by atoms with Gasteiger partial charge in [0.05, 0.1) is 35.0 Å². The molecule has 1 fully saturated rings. The van der Waals surface area contributed by atoms with Crippen LogP contribution in [0.15, 0.2) is 24.3 Å². The van der Waals surface area contributed by atoms with E-state index in [1.807, 2.05) is 44.5 Å². The molecule has 0 spiro atoms. The molecule has 2 aliphatic rings. The average Bonchev–Trinajstić information content (AvgIpc) is 3.61. The highest BCUT2D eigenvalue weighted by atomic mass is 16.2. The normalized spacial score (nSPS) is 16.1. The minimum atomic E-state index is -2.70. The largest absolute Gasteiger partial charge is 0.366 e. The van der Waals surface area contributed by atoms with Crippen molar-refractivity contribution in [2.45, 2.75) is 26.3 Å². The molecule has 33 heavy (non-hydrogen) atoms. The molecule has 170 valence electrons. The predicted octanol–water partition coefficient (Wildman–Crippen LogP) is 2.59. The number of anilines is 4. The number of para-hydroxylation sites is 1. The van der Waals surface area contributed by atoms with E-state index in [0.717, 1.165) is 41.3 Å². The number of carbonyl (C=O) groups is 2. The number of imidazole rings is 1. The molecule has 1 aliphatic heterocycles. The van der Waals surface area contributed by atoms with Crippen molar-refractivity contribution in [3.05, 3.63) is 41.5 Å². The van der Waals surface area contributed by atoms with Gasteiger partial charge in [-0.3, -0.25) is 9.59 Å². The Morgan fingerprint density at radius 1 is 1.18 bits per heavy atom. The zero-order valence-corrected chi connectivity index (χ0v) is 18.6. The summed E-state index contributed by atoms with van der Waals surface area (Å²) in [5, 5.41) is 15.8. The first-order valence-corrected chi connectivity index (χ1v) is 10.7. The second kappa shape index (κ2) is 7.88. The van der Waals surface area contributed by atoms with E-state index >= 15 is 0 Å². The maximum atomic E-state index is 12.8. The van der Waals surface area contributed by atoms with Gasteiger partial charge in [0.15, 0.2) is 11.5 Å². The second-order valence-electron chi connectivity index (χ2n) is 8.41. The maximum Gasteiger partial charge on any atom is 0.273 e. The van der Waals surface area contributed by atoms with E-state index in [9.17, 15) is 9.59 Å². The lowest BCUT2D eigenvalue weighted by Crippen LogP contribution is -2.25. The predicted molar refractivity (Wildman–Crippen MR) is 126 cm³/mol. The molecule has 0 unspecified atom stereocenters. The van der Waals surface area contributed by atoms with Crippen molar-refractivity contribution >= 4 is 34.7 Å². The Hall–Kier alpha value is -3.95. The summed E-state index contributed by atoms with van der Waals surface area (Å²) in [7, 11) is 3.95. The minimum Gasteiger partial charge on any atom is -0.366 e. The molecular formula is C23H26N8O2. The number of aryl methyl sites for hydroxylation is 1. The van der Waals surface area contributed by atoms with Crippen molar-refractivity contribution < 1.29 is 13.7 Å². The van der Waals surface area contributed by atoms with Crippen LogP contribution in [0.1, 0.15) is 39.0 Å². The van der Waals surface area contributed by atoms with Crippen LogP contribution in [-0.4, -0.2) is 45.6 Å². The summed E-state index contributed by atoms with van der Waals surface area (Å²) in [4.78, 5) is 31.8. The van der Waals surface area contributed by atoms with Crippen LogP contribution in [0.4, 0.5) is 22.9 Å². The quantitative estimate of drug-likeness (QED) is 0.548. The number of hydrogen-bond acceptors (Lipinski definition) is 7. The van der Waals surface area contributed by atoms with Gasteiger partial charge in [-0.15, -0.1) is 10.2 Å². The zero-order valence-electron chi connectivity index (χ0n) is 21.6. The van der Waals surface area contributed by atoms with Crippen molar-refractivity contribution in [2.24, 2.45) is 13.0 Å². The van der Waals surface area contributed by atoms with Crippen molar-refractivity contribution in [1.82, 2.24) is 25.1 Å². The fourth-order valence-corrected chi connectivity index (χ4v) is 4.10. The summed E-state index contributed by atoms with van der Waals surface area (Å²) in [5.74, 6) is -0.0542. The van der Waals surface area contributed by atoms with Crippen molar-refractivity contribution in [1.29, 1.82) is 0 Å². The summed E-state index contributed by atoms with van der Waals surface area (Å²) < 4.78 is 24.2. The lowest BCUT2D eigenvalue weighted by atomic mass is 10.0. The van der Waals surface area contributed by atoms with Gasteiger partial charge in [0.1, 0.15) is 5.82 Å². The third-order valence-electron chi connectivity index (χ3n) is 6.09. The first-order chi connectivity index (χ1) is 17.0. The Bertz CT molecular complexity index is 1380. The summed E-state index contributed by atoms with van der Waals surface area (Å²) in [6.45, 7) is -0.119. The van der Waals surface area contributed by atoms with Gasteiger partial charge in [0, 0.05) is 42.7 Å². The summed E-state index contributed by atoms with van der Waals surface area (Å²) >= 11 is 0. The van der Waals surface area contributed by atoms with Crippen LogP contribution < -0.4 is 20.9 Å². The second-order valence-corrected chi connectivity index (χ2v) is 8.41. The van der Waals surface area contributed by atoms with E-state index in [1.54, 1.807) is 0 Å². The Morgan fingerprint density at radius 2 is 2.00 bits per heavy atom. The summed E-state index contributed by atoms with van der Waals surface area (Å²) in [6.07, 6.45) is 1.64. The Labute approximate surface area is 195 Å². The van der Waals surface area contributed by atoms with Gasteiger partial charge < -0.3 is 25.4 Å². The van der Waals surface area contributed by atoms with Crippen LogP contribution in [0, 0.1) is 12.8 Å². The number of hydrogen-bond donors (Lipinski definition) is 3. The van der Waals surface area contributed by atoms with Gasteiger partial charge in [-0.05, 0) is 25.8 Å². The monoisotopic (exact) mass is 449 g/mol. The van der Waals surface area contributed by atoms with Gasteiger partial charge in [0.25, 0.3) is 5.91 Å². The van der Waals surface area contributed by atoms with Crippen LogP contribution >= 0.6 is 0 Å². The molecule has 10 nitrogen and oxygen atoms in total. The number of nitrogens with zero attached hydrogens (tertiary/aromatic N) is 5. The Kier molecular flexibility index (Phi) is 4.20. The Balaban J connectivity index is 1.55. The van der Waals surface area contributed by atoms with Crippen LogP contribution in [0.25, 0.3) is 11.3 Å². The number of aromatic nitrogens is 4. The molecule has 3 N–H and O–H groups in total. The molecule has 0 radical (unpaired) electrons. The number of nitrogens with one attached hydrogen (secondary N) is 3. The SMILES string of the molecule is [2H]C([2H])([2H])NC(=O)c1nnc(NC(=O)C2CC2)cc1Nc1cccc2c1N(C)Cc1c-2nc(C)n1C. The molecule has 0 bridgehead atoms. The van der Waals surface area contributed by atoms with Gasteiger partial charge in [-0.25, -0.2) is 4.98 Å². The topological polar surface area (TPSA) is 117 Å². The smallest absolute Gasteiger partial charge is 0.273 e. The van der Waals surface area contributed by atoms with Crippen molar-refractivity contribution in [3.63, 3.8) is 0 Å².